The molecule has 0 bridgehead atoms. The normalized spacial score (nSPS) is 26.3. The molecule has 1 aliphatic carbocycles. The van der Waals surface area contributed by atoms with Gasteiger partial charge in [-0.25, -0.2) is 0 Å². The molecule has 0 radical (unpaired) electrons. The van der Waals surface area contributed by atoms with Crippen LogP contribution in [0.2, 0.25) is 0 Å². The van der Waals surface area contributed by atoms with Crippen LogP contribution in [0, 0.1) is 0 Å². The lowest BCUT2D eigenvalue weighted by molar-refractivity contribution is -0.137. The minimum Gasteiger partial charge on any atom is -0.368 e. The Morgan fingerprint density at radius 2 is 1.94 bits per heavy atom. The zero-order valence-corrected chi connectivity index (χ0v) is 9.01. The highest BCUT2D eigenvalue weighted by Gasteiger charge is 2.40. The van der Waals surface area contributed by atoms with Gasteiger partial charge < -0.3 is 5.32 Å². The molecule has 0 aromatic heterocycles. The fraction of sp³-hybridized carbons (Fsp3) is 0.417. The molecular weight excluding hydrogens is 229 g/mol. The SMILES string of the molecule is FC(F)(F)c1ccc2c(c1)CC1(CN=CN1)C2. The molecule has 90 valence electrons. The molecular formula is C12H11F3N2. The molecule has 5 heteroatoms. The van der Waals surface area contributed by atoms with Gasteiger partial charge in [0, 0.05) is 0 Å². The van der Waals surface area contributed by atoms with Gasteiger partial charge in [0.25, 0.3) is 0 Å². The minimum atomic E-state index is -4.26. The number of halogens is 3. The number of nitrogens with one attached hydrogen (secondary N) is 1. The summed E-state index contributed by atoms with van der Waals surface area (Å²) in [5.41, 5.74) is 1.05. The second-order valence-electron chi connectivity index (χ2n) is 4.73. The Morgan fingerprint density at radius 3 is 2.59 bits per heavy atom. The lowest BCUT2D eigenvalue weighted by Crippen LogP contribution is -2.43. The summed E-state index contributed by atoms with van der Waals surface area (Å²) in [5.74, 6) is 0. The van der Waals surface area contributed by atoms with E-state index >= 15 is 0 Å². The number of hydrogen-bond acceptors (Lipinski definition) is 2. The standard InChI is InChI=1S/C12H11F3N2/c13-12(14,15)10-2-1-8-4-11(5-9(8)3-10)6-16-7-17-11/h1-3,7H,4-6H2,(H,16,17). The molecule has 1 unspecified atom stereocenters. The van der Waals surface area contributed by atoms with Gasteiger partial charge in [0.15, 0.2) is 0 Å². The molecule has 2 nitrogen and oxygen atoms in total. The number of rotatable bonds is 0. The molecule has 1 heterocycles. The molecule has 0 fully saturated rings. The van der Waals surface area contributed by atoms with Crippen LogP contribution < -0.4 is 5.32 Å². The summed E-state index contributed by atoms with van der Waals surface area (Å²) in [5, 5.41) is 3.16. The maximum absolute atomic E-state index is 12.6. The summed E-state index contributed by atoms with van der Waals surface area (Å²) < 4.78 is 37.8. The van der Waals surface area contributed by atoms with Crippen molar-refractivity contribution >= 4 is 6.34 Å². The van der Waals surface area contributed by atoms with E-state index in [9.17, 15) is 13.2 Å². The molecule has 1 atom stereocenters. The van der Waals surface area contributed by atoms with Crippen molar-refractivity contribution in [3.63, 3.8) is 0 Å². The van der Waals surface area contributed by atoms with Gasteiger partial charge in [-0.15, -0.1) is 0 Å². The van der Waals surface area contributed by atoms with E-state index in [1.165, 1.54) is 6.07 Å². The number of nitrogens with zero attached hydrogens (tertiary/aromatic N) is 1. The highest BCUT2D eigenvalue weighted by Crippen LogP contribution is 2.36. The van der Waals surface area contributed by atoms with Gasteiger partial charge in [-0.2, -0.15) is 13.2 Å². The summed E-state index contributed by atoms with van der Waals surface area (Å²) in [7, 11) is 0. The van der Waals surface area contributed by atoms with Gasteiger partial charge in [-0.3, -0.25) is 4.99 Å². The van der Waals surface area contributed by atoms with Gasteiger partial charge in [0.05, 0.1) is 24.0 Å². The minimum absolute atomic E-state index is 0.174. The van der Waals surface area contributed by atoms with Crippen LogP contribution in [0.15, 0.2) is 23.2 Å². The Bertz CT molecular complexity index is 483. The first-order valence-corrected chi connectivity index (χ1v) is 5.44. The van der Waals surface area contributed by atoms with Gasteiger partial charge in [-0.05, 0) is 36.1 Å². The van der Waals surface area contributed by atoms with Crippen LogP contribution in [-0.2, 0) is 19.0 Å². The van der Waals surface area contributed by atoms with Crippen LogP contribution in [0.5, 0.6) is 0 Å². The Hall–Kier alpha value is -1.52. The van der Waals surface area contributed by atoms with E-state index in [2.05, 4.69) is 10.3 Å². The predicted octanol–water partition coefficient (Wildman–Crippen LogP) is 2.17. The molecule has 0 saturated heterocycles. The summed E-state index contributed by atoms with van der Waals surface area (Å²) >= 11 is 0. The van der Waals surface area contributed by atoms with E-state index in [1.807, 2.05) is 0 Å². The molecule has 1 N–H and O–H groups in total. The Labute approximate surface area is 96.6 Å². The zero-order chi connectivity index (χ0) is 12.1. The van der Waals surface area contributed by atoms with Crippen LogP contribution in [0.4, 0.5) is 13.2 Å². The number of benzene rings is 1. The van der Waals surface area contributed by atoms with Crippen molar-refractivity contribution in [2.24, 2.45) is 4.99 Å². The zero-order valence-electron chi connectivity index (χ0n) is 9.01. The summed E-state index contributed by atoms with van der Waals surface area (Å²) in [6.45, 7) is 0.642. The fourth-order valence-corrected chi connectivity index (χ4v) is 2.59. The Kier molecular flexibility index (Phi) is 2.03. The molecule has 0 saturated carbocycles. The van der Waals surface area contributed by atoms with Crippen molar-refractivity contribution in [3.8, 4) is 0 Å². The van der Waals surface area contributed by atoms with Crippen LogP contribution in [0.3, 0.4) is 0 Å². The maximum atomic E-state index is 12.6. The van der Waals surface area contributed by atoms with E-state index in [4.69, 9.17) is 0 Å². The summed E-state index contributed by atoms with van der Waals surface area (Å²) in [6, 6.07) is 4.02. The third-order valence-corrected chi connectivity index (χ3v) is 3.45. The van der Waals surface area contributed by atoms with Gasteiger partial charge >= 0.3 is 6.18 Å². The first-order valence-electron chi connectivity index (χ1n) is 5.44. The predicted molar refractivity (Wildman–Crippen MR) is 58.1 cm³/mol. The maximum Gasteiger partial charge on any atom is 0.416 e. The van der Waals surface area contributed by atoms with Crippen molar-refractivity contribution in [2.75, 3.05) is 6.54 Å². The quantitative estimate of drug-likeness (QED) is 0.738. The van der Waals surface area contributed by atoms with E-state index in [0.29, 0.717) is 13.0 Å². The first-order chi connectivity index (χ1) is 7.99. The molecule has 1 aliphatic heterocycles. The number of alkyl halides is 3. The van der Waals surface area contributed by atoms with Gasteiger partial charge in [0.1, 0.15) is 0 Å². The third kappa shape index (κ3) is 1.69. The van der Waals surface area contributed by atoms with Crippen LogP contribution in [-0.4, -0.2) is 18.4 Å². The molecule has 17 heavy (non-hydrogen) atoms. The monoisotopic (exact) mass is 240 g/mol. The Balaban J connectivity index is 1.93. The van der Waals surface area contributed by atoms with Crippen LogP contribution >= 0.6 is 0 Å². The number of fused-ring (bicyclic) bond motifs is 1. The van der Waals surface area contributed by atoms with Crippen molar-refractivity contribution in [1.29, 1.82) is 0 Å². The molecule has 2 aliphatic rings. The van der Waals surface area contributed by atoms with Crippen molar-refractivity contribution in [3.05, 3.63) is 34.9 Å². The number of hydrogen-bond donors (Lipinski definition) is 1. The van der Waals surface area contributed by atoms with Gasteiger partial charge in [0.2, 0.25) is 0 Å². The molecule has 3 rings (SSSR count). The van der Waals surface area contributed by atoms with Crippen molar-refractivity contribution in [2.45, 2.75) is 24.6 Å². The molecule has 1 aromatic rings. The van der Waals surface area contributed by atoms with Crippen LogP contribution in [0.1, 0.15) is 16.7 Å². The Morgan fingerprint density at radius 1 is 1.18 bits per heavy atom. The van der Waals surface area contributed by atoms with Crippen molar-refractivity contribution in [1.82, 2.24) is 5.32 Å². The lowest BCUT2D eigenvalue weighted by Gasteiger charge is -2.21. The van der Waals surface area contributed by atoms with E-state index in [0.717, 1.165) is 23.6 Å². The van der Waals surface area contributed by atoms with Crippen LogP contribution in [0.25, 0.3) is 0 Å². The lowest BCUT2D eigenvalue weighted by atomic mass is 9.97. The molecule has 1 aromatic carbocycles. The number of aliphatic imine (C=N–C) groups is 1. The van der Waals surface area contributed by atoms with E-state index in [-0.39, 0.29) is 5.54 Å². The highest BCUT2D eigenvalue weighted by molar-refractivity contribution is 5.60. The highest BCUT2D eigenvalue weighted by atomic mass is 19.4. The molecule has 1 spiro atoms. The average molecular weight is 240 g/mol. The smallest absolute Gasteiger partial charge is 0.368 e. The first kappa shape index (κ1) is 10.6. The van der Waals surface area contributed by atoms with Crippen molar-refractivity contribution < 1.29 is 13.2 Å². The third-order valence-electron chi connectivity index (χ3n) is 3.45. The second-order valence-corrected chi connectivity index (χ2v) is 4.73. The summed E-state index contributed by atoms with van der Waals surface area (Å²) in [4.78, 5) is 4.11. The molecule has 0 amide bonds. The average Bonchev–Trinajstić information content (AvgIpc) is 2.82. The summed E-state index contributed by atoms with van der Waals surface area (Å²) in [6.07, 6.45) is -1.24. The fourth-order valence-electron chi connectivity index (χ4n) is 2.59. The topological polar surface area (TPSA) is 24.4 Å². The second kappa shape index (κ2) is 3.24. The van der Waals surface area contributed by atoms with E-state index in [1.54, 1.807) is 12.4 Å². The largest absolute Gasteiger partial charge is 0.416 e. The van der Waals surface area contributed by atoms with E-state index < -0.39 is 11.7 Å². The van der Waals surface area contributed by atoms with Gasteiger partial charge in [-0.1, -0.05) is 6.07 Å².